The van der Waals surface area contributed by atoms with Gasteiger partial charge in [0.1, 0.15) is 24.7 Å². The van der Waals surface area contributed by atoms with Gasteiger partial charge in [0.05, 0.1) is 25.3 Å². The molecule has 0 radical (unpaired) electrons. The number of sulfonamides is 1. The molecule has 1 amide bonds. The van der Waals surface area contributed by atoms with Crippen LogP contribution in [-0.2, 0) is 14.8 Å². The van der Waals surface area contributed by atoms with Crippen molar-refractivity contribution in [2.45, 2.75) is 0 Å². The summed E-state index contributed by atoms with van der Waals surface area (Å²) in [6.07, 6.45) is 4.13. The molecule has 0 fully saturated rings. The van der Waals surface area contributed by atoms with Crippen LogP contribution in [0, 0.1) is 0 Å². The third kappa shape index (κ3) is 6.96. The molecular formula is C20H23N3O5S. The van der Waals surface area contributed by atoms with Gasteiger partial charge in [-0.25, -0.2) is 13.8 Å². The fourth-order valence-electron chi connectivity index (χ4n) is 2.32. The van der Waals surface area contributed by atoms with Gasteiger partial charge in [0, 0.05) is 6.07 Å². The van der Waals surface area contributed by atoms with Crippen LogP contribution in [0.15, 0.2) is 66.3 Å². The standard InChI is InChI=1S/C20H23N3O5S/c1-4-12-28-18-10-8-16(9-11-18)14-21-22-20(24)15-23(29(3,25)26)17-6-5-7-19(13-17)27-2/h4-11,13-14H,1,12,15H2,2-3H3,(H,22,24)/b21-14-. The summed E-state index contributed by atoms with van der Waals surface area (Å²) in [4.78, 5) is 12.2. The maximum absolute atomic E-state index is 12.2. The molecule has 0 aliphatic rings. The Morgan fingerprint density at radius 1 is 1.21 bits per heavy atom. The van der Waals surface area contributed by atoms with Gasteiger partial charge >= 0.3 is 0 Å². The van der Waals surface area contributed by atoms with Crippen molar-refractivity contribution in [2.75, 3.05) is 30.8 Å². The summed E-state index contributed by atoms with van der Waals surface area (Å²) in [7, 11) is -2.21. The molecule has 0 unspecified atom stereocenters. The highest BCUT2D eigenvalue weighted by molar-refractivity contribution is 7.92. The Morgan fingerprint density at radius 2 is 1.93 bits per heavy atom. The van der Waals surface area contributed by atoms with Crippen LogP contribution in [0.1, 0.15) is 5.56 Å². The molecule has 29 heavy (non-hydrogen) atoms. The minimum atomic E-state index is -3.68. The lowest BCUT2D eigenvalue weighted by atomic mass is 10.2. The number of methoxy groups -OCH3 is 1. The molecule has 2 aromatic rings. The van der Waals surface area contributed by atoms with Gasteiger partial charge in [0.15, 0.2) is 0 Å². The van der Waals surface area contributed by atoms with Crippen LogP contribution in [-0.4, -0.2) is 47.1 Å². The summed E-state index contributed by atoms with van der Waals surface area (Å²) >= 11 is 0. The topological polar surface area (TPSA) is 97.3 Å². The molecule has 2 aromatic carbocycles. The molecule has 154 valence electrons. The van der Waals surface area contributed by atoms with Gasteiger partial charge in [-0.05, 0) is 42.0 Å². The number of hydrogen-bond acceptors (Lipinski definition) is 6. The molecule has 0 atom stereocenters. The van der Waals surface area contributed by atoms with Crippen LogP contribution in [0.4, 0.5) is 5.69 Å². The summed E-state index contributed by atoms with van der Waals surface area (Å²) in [6, 6.07) is 13.5. The Balaban J connectivity index is 2.01. The van der Waals surface area contributed by atoms with Crippen LogP contribution in [0.5, 0.6) is 11.5 Å². The van der Waals surface area contributed by atoms with Crippen molar-refractivity contribution in [1.82, 2.24) is 5.43 Å². The monoisotopic (exact) mass is 417 g/mol. The van der Waals surface area contributed by atoms with Crippen LogP contribution in [0.3, 0.4) is 0 Å². The van der Waals surface area contributed by atoms with Crippen LogP contribution in [0.25, 0.3) is 0 Å². The van der Waals surface area contributed by atoms with Gasteiger partial charge in [-0.15, -0.1) is 0 Å². The van der Waals surface area contributed by atoms with E-state index < -0.39 is 22.5 Å². The number of nitrogens with zero attached hydrogens (tertiary/aromatic N) is 2. The van der Waals surface area contributed by atoms with Gasteiger partial charge < -0.3 is 9.47 Å². The van der Waals surface area contributed by atoms with E-state index in [4.69, 9.17) is 9.47 Å². The quantitative estimate of drug-likeness (QED) is 0.363. The number of hydrazone groups is 1. The van der Waals surface area contributed by atoms with Crippen molar-refractivity contribution in [2.24, 2.45) is 5.10 Å². The SMILES string of the molecule is C=CCOc1ccc(/C=N\NC(=O)CN(c2cccc(OC)c2)S(C)(=O)=O)cc1. The first-order chi connectivity index (χ1) is 13.8. The molecular weight excluding hydrogens is 394 g/mol. The van der Waals surface area contributed by atoms with E-state index in [1.807, 2.05) is 0 Å². The molecule has 0 aliphatic carbocycles. The molecule has 0 saturated carbocycles. The van der Waals surface area contributed by atoms with E-state index in [0.717, 1.165) is 16.1 Å². The minimum absolute atomic E-state index is 0.320. The second kappa shape index (κ2) is 10.3. The number of ether oxygens (including phenoxy) is 2. The maximum atomic E-state index is 12.2. The van der Waals surface area contributed by atoms with E-state index in [2.05, 4.69) is 17.1 Å². The first kappa shape index (κ1) is 22.0. The van der Waals surface area contributed by atoms with E-state index in [1.165, 1.54) is 19.4 Å². The molecule has 1 N–H and O–H groups in total. The summed E-state index contributed by atoms with van der Waals surface area (Å²) in [5, 5.41) is 3.87. The van der Waals surface area contributed by atoms with Crippen molar-refractivity contribution in [3.8, 4) is 11.5 Å². The number of hydrogen-bond donors (Lipinski definition) is 1. The Kier molecular flexibility index (Phi) is 7.79. The predicted molar refractivity (Wildman–Crippen MR) is 113 cm³/mol. The zero-order valence-electron chi connectivity index (χ0n) is 16.2. The van der Waals surface area contributed by atoms with E-state index in [-0.39, 0.29) is 0 Å². The normalized spacial score (nSPS) is 11.1. The van der Waals surface area contributed by atoms with Crippen molar-refractivity contribution in [3.63, 3.8) is 0 Å². The average molecular weight is 417 g/mol. The van der Waals surface area contributed by atoms with Crippen molar-refractivity contribution in [1.29, 1.82) is 0 Å². The number of rotatable bonds is 10. The number of benzene rings is 2. The Labute approximate surface area is 170 Å². The molecule has 0 saturated heterocycles. The molecule has 9 heteroatoms. The second-order valence-electron chi connectivity index (χ2n) is 5.93. The lowest BCUT2D eigenvalue weighted by Crippen LogP contribution is -2.39. The summed E-state index contributed by atoms with van der Waals surface area (Å²) in [5.74, 6) is 0.587. The minimum Gasteiger partial charge on any atom is -0.497 e. The largest absolute Gasteiger partial charge is 0.497 e. The fraction of sp³-hybridized carbons (Fsp3) is 0.200. The van der Waals surface area contributed by atoms with Crippen molar-refractivity contribution in [3.05, 3.63) is 66.7 Å². The van der Waals surface area contributed by atoms with Gasteiger partial charge in [0.2, 0.25) is 10.0 Å². The highest BCUT2D eigenvalue weighted by atomic mass is 32.2. The highest BCUT2D eigenvalue weighted by Crippen LogP contribution is 2.22. The Hall–Kier alpha value is -3.33. The lowest BCUT2D eigenvalue weighted by Gasteiger charge is -2.21. The van der Waals surface area contributed by atoms with Gasteiger partial charge in [-0.2, -0.15) is 5.10 Å². The van der Waals surface area contributed by atoms with E-state index in [0.29, 0.717) is 23.8 Å². The predicted octanol–water partition coefficient (Wildman–Crippen LogP) is 2.18. The number of anilines is 1. The van der Waals surface area contributed by atoms with Crippen LogP contribution < -0.4 is 19.2 Å². The lowest BCUT2D eigenvalue weighted by molar-refractivity contribution is -0.119. The summed E-state index contributed by atoms with van der Waals surface area (Å²) < 4.78 is 35.7. The molecule has 0 bridgehead atoms. The summed E-state index contributed by atoms with van der Waals surface area (Å²) in [5.41, 5.74) is 3.39. The zero-order valence-corrected chi connectivity index (χ0v) is 17.1. The number of nitrogens with one attached hydrogen (secondary N) is 1. The highest BCUT2D eigenvalue weighted by Gasteiger charge is 2.21. The van der Waals surface area contributed by atoms with Gasteiger partial charge in [-0.1, -0.05) is 18.7 Å². The van der Waals surface area contributed by atoms with Crippen molar-refractivity contribution >= 4 is 27.8 Å². The third-order valence-electron chi connectivity index (χ3n) is 3.68. The molecule has 0 heterocycles. The fourth-order valence-corrected chi connectivity index (χ4v) is 3.16. The molecule has 2 rings (SSSR count). The molecule has 8 nitrogen and oxygen atoms in total. The first-order valence-corrected chi connectivity index (χ1v) is 10.5. The van der Waals surface area contributed by atoms with Crippen molar-refractivity contribution < 1.29 is 22.7 Å². The number of amides is 1. The van der Waals surface area contributed by atoms with E-state index in [9.17, 15) is 13.2 Å². The zero-order chi connectivity index (χ0) is 21.3. The molecule has 0 aromatic heterocycles. The van der Waals surface area contributed by atoms with Crippen LogP contribution >= 0.6 is 0 Å². The Bertz CT molecular complexity index is 972. The summed E-state index contributed by atoms with van der Waals surface area (Å²) in [6.45, 7) is 3.57. The average Bonchev–Trinajstić information content (AvgIpc) is 2.70. The van der Waals surface area contributed by atoms with E-state index in [1.54, 1.807) is 48.5 Å². The number of carbonyl (C=O) groups is 1. The van der Waals surface area contributed by atoms with Gasteiger partial charge in [-0.3, -0.25) is 9.10 Å². The first-order valence-electron chi connectivity index (χ1n) is 8.61. The smallest absolute Gasteiger partial charge is 0.260 e. The maximum Gasteiger partial charge on any atom is 0.260 e. The van der Waals surface area contributed by atoms with Crippen LogP contribution in [0.2, 0.25) is 0 Å². The second-order valence-corrected chi connectivity index (χ2v) is 7.84. The Morgan fingerprint density at radius 3 is 2.55 bits per heavy atom. The number of carbonyl (C=O) groups excluding carboxylic acids is 1. The molecule has 0 spiro atoms. The van der Waals surface area contributed by atoms with E-state index >= 15 is 0 Å². The van der Waals surface area contributed by atoms with Gasteiger partial charge in [0.25, 0.3) is 5.91 Å². The third-order valence-corrected chi connectivity index (χ3v) is 4.82. The molecule has 0 aliphatic heterocycles.